The van der Waals surface area contributed by atoms with Crippen LogP contribution < -0.4 is 4.74 Å². The molecule has 4 heteroatoms. The molecule has 0 N–H and O–H groups in total. The average Bonchev–Trinajstić information content (AvgIpc) is 2.36. The predicted octanol–water partition coefficient (Wildman–Crippen LogP) is 4.15. The van der Waals surface area contributed by atoms with E-state index in [4.69, 9.17) is 4.74 Å². The molecule has 0 atom stereocenters. The summed E-state index contributed by atoms with van der Waals surface area (Å²) >= 11 is 0. The van der Waals surface area contributed by atoms with Gasteiger partial charge in [0.15, 0.2) is 18.2 Å². The number of aryl methyl sites for hydroxylation is 3. The highest BCUT2D eigenvalue weighted by molar-refractivity contribution is 6.00. The van der Waals surface area contributed by atoms with E-state index in [-0.39, 0.29) is 18.1 Å². The second kappa shape index (κ2) is 6.04. The predicted molar refractivity (Wildman–Crippen MR) is 76.8 cm³/mol. The van der Waals surface area contributed by atoms with Crippen LogP contribution in [0.1, 0.15) is 27.0 Å². The Bertz CT molecular complexity index is 670. The molecule has 2 rings (SSSR count). The summed E-state index contributed by atoms with van der Waals surface area (Å²) in [4.78, 5) is 12.2. The Kier molecular flexibility index (Phi) is 4.36. The van der Waals surface area contributed by atoms with E-state index in [1.165, 1.54) is 6.07 Å². The van der Waals surface area contributed by atoms with Crippen molar-refractivity contribution in [2.24, 2.45) is 0 Å². The number of Topliss-reactive ketones (excluding diaryl/α,β-unsaturated/α-hetero) is 1. The van der Waals surface area contributed by atoms with E-state index in [1.54, 1.807) is 0 Å². The summed E-state index contributed by atoms with van der Waals surface area (Å²) in [7, 11) is 0. The molecule has 0 unspecified atom stereocenters. The van der Waals surface area contributed by atoms with Crippen LogP contribution in [0, 0.1) is 32.4 Å². The Morgan fingerprint density at radius 3 is 2.24 bits per heavy atom. The molecule has 0 spiro atoms. The molecular formula is C17H16F2O2. The molecule has 0 heterocycles. The molecule has 2 nitrogen and oxygen atoms in total. The van der Waals surface area contributed by atoms with Crippen LogP contribution in [-0.4, -0.2) is 12.4 Å². The zero-order chi connectivity index (χ0) is 15.6. The van der Waals surface area contributed by atoms with Crippen LogP contribution >= 0.6 is 0 Å². The maximum absolute atomic E-state index is 13.4. The fraction of sp³-hybridized carbons (Fsp3) is 0.235. The van der Waals surface area contributed by atoms with Crippen LogP contribution in [0.4, 0.5) is 8.78 Å². The van der Waals surface area contributed by atoms with Gasteiger partial charge >= 0.3 is 0 Å². The molecule has 0 aliphatic rings. The van der Waals surface area contributed by atoms with E-state index in [0.29, 0.717) is 5.56 Å². The zero-order valence-electron chi connectivity index (χ0n) is 12.2. The van der Waals surface area contributed by atoms with Crippen LogP contribution in [0.15, 0.2) is 30.3 Å². The quantitative estimate of drug-likeness (QED) is 0.791. The maximum atomic E-state index is 13.4. The molecule has 110 valence electrons. The SMILES string of the molecule is Cc1cc(C)c(C(=O)COc2ccc(F)cc2F)c(C)c1. The molecule has 0 aliphatic heterocycles. The molecular weight excluding hydrogens is 274 g/mol. The molecule has 0 bridgehead atoms. The van der Waals surface area contributed by atoms with Gasteiger partial charge in [-0.15, -0.1) is 0 Å². The van der Waals surface area contributed by atoms with Crippen LogP contribution in [0.3, 0.4) is 0 Å². The van der Waals surface area contributed by atoms with Crippen LogP contribution in [0.25, 0.3) is 0 Å². The van der Waals surface area contributed by atoms with Gasteiger partial charge in [-0.2, -0.15) is 0 Å². The number of carbonyl (C=O) groups excluding carboxylic acids is 1. The first-order valence-corrected chi connectivity index (χ1v) is 6.57. The van der Waals surface area contributed by atoms with Crippen molar-refractivity contribution < 1.29 is 18.3 Å². The van der Waals surface area contributed by atoms with Crippen molar-refractivity contribution in [1.29, 1.82) is 0 Å². The largest absolute Gasteiger partial charge is 0.482 e. The summed E-state index contributed by atoms with van der Waals surface area (Å²) in [5.41, 5.74) is 3.39. The van der Waals surface area contributed by atoms with Gasteiger partial charge in [-0.3, -0.25) is 4.79 Å². The highest BCUT2D eigenvalue weighted by atomic mass is 19.1. The lowest BCUT2D eigenvalue weighted by Gasteiger charge is -2.11. The summed E-state index contributed by atoms with van der Waals surface area (Å²) in [6, 6.07) is 6.82. The maximum Gasteiger partial charge on any atom is 0.200 e. The lowest BCUT2D eigenvalue weighted by molar-refractivity contribution is 0.0917. The molecule has 0 amide bonds. The van der Waals surface area contributed by atoms with Crippen molar-refractivity contribution in [3.05, 3.63) is 64.2 Å². The number of carbonyl (C=O) groups is 1. The van der Waals surface area contributed by atoms with E-state index in [9.17, 15) is 13.6 Å². The molecule has 21 heavy (non-hydrogen) atoms. The van der Waals surface area contributed by atoms with Gasteiger partial charge in [0.05, 0.1) is 0 Å². The molecule has 0 aliphatic carbocycles. The summed E-state index contributed by atoms with van der Waals surface area (Å²) < 4.78 is 31.4. The van der Waals surface area contributed by atoms with E-state index < -0.39 is 11.6 Å². The number of ketones is 1. The molecule has 2 aromatic carbocycles. The minimum Gasteiger partial charge on any atom is -0.482 e. The fourth-order valence-corrected chi connectivity index (χ4v) is 2.43. The average molecular weight is 290 g/mol. The minimum atomic E-state index is -0.819. The molecule has 0 saturated heterocycles. The molecule has 0 saturated carbocycles. The number of hydrogen-bond donors (Lipinski definition) is 0. The Labute approximate surface area is 122 Å². The summed E-state index contributed by atoms with van der Waals surface area (Å²) in [5, 5.41) is 0. The van der Waals surface area contributed by atoms with Gasteiger partial charge in [-0.1, -0.05) is 17.7 Å². The standard InChI is InChI=1S/C17H16F2O2/c1-10-6-11(2)17(12(3)7-10)15(20)9-21-16-5-4-13(18)8-14(16)19/h4-8H,9H2,1-3H3. The van der Waals surface area contributed by atoms with Gasteiger partial charge in [0.2, 0.25) is 5.78 Å². The van der Waals surface area contributed by atoms with Crippen LogP contribution in [-0.2, 0) is 0 Å². The van der Waals surface area contributed by atoms with Crippen molar-refractivity contribution in [3.8, 4) is 5.75 Å². The number of hydrogen-bond acceptors (Lipinski definition) is 2. The highest BCUT2D eigenvalue weighted by Crippen LogP contribution is 2.20. The van der Waals surface area contributed by atoms with Crippen molar-refractivity contribution in [2.45, 2.75) is 20.8 Å². The van der Waals surface area contributed by atoms with E-state index >= 15 is 0 Å². The Morgan fingerprint density at radius 1 is 1.05 bits per heavy atom. The van der Waals surface area contributed by atoms with E-state index in [1.807, 2.05) is 32.9 Å². The van der Waals surface area contributed by atoms with E-state index in [0.717, 1.165) is 28.8 Å². The molecule has 0 fully saturated rings. The first kappa shape index (κ1) is 15.2. The lowest BCUT2D eigenvalue weighted by Crippen LogP contribution is -2.15. The third-order valence-electron chi connectivity index (χ3n) is 3.21. The Balaban J connectivity index is 2.16. The summed E-state index contributed by atoms with van der Waals surface area (Å²) in [6.45, 7) is 5.38. The second-order valence-electron chi connectivity index (χ2n) is 5.06. The number of rotatable bonds is 4. The monoisotopic (exact) mass is 290 g/mol. The normalized spacial score (nSPS) is 10.5. The first-order chi connectivity index (χ1) is 9.88. The number of halogens is 2. The zero-order valence-corrected chi connectivity index (χ0v) is 12.2. The highest BCUT2D eigenvalue weighted by Gasteiger charge is 2.14. The van der Waals surface area contributed by atoms with Crippen LogP contribution in [0.5, 0.6) is 5.75 Å². The van der Waals surface area contributed by atoms with E-state index in [2.05, 4.69) is 0 Å². The lowest BCUT2D eigenvalue weighted by atomic mass is 9.97. The molecule has 0 radical (unpaired) electrons. The van der Waals surface area contributed by atoms with Gasteiger partial charge < -0.3 is 4.74 Å². The van der Waals surface area contributed by atoms with Gasteiger partial charge in [-0.25, -0.2) is 8.78 Å². The number of ether oxygens (including phenoxy) is 1. The van der Waals surface area contributed by atoms with Crippen molar-refractivity contribution in [3.63, 3.8) is 0 Å². The van der Waals surface area contributed by atoms with Gasteiger partial charge in [0, 0.05) is 11.6 Å². The topological polar surface area (TPSA) is 26.3 Å². The summed E-state index contributed by atoms with van der Waals surface area (Å²) in [6.07, 6.45) is 0. The third-order valence-corrected chi connectivity index (χ3v) is 3.21. The van der Waals surface area contributed by atoms with Gasteiger partial charge in [-0.05, 0) is 44.0 Å². The molecule has 2 aromatic rings. The fourth-order valence-electron chi connectivity index (χ4n) is 2.43. The first-order valence-electron chi connectivity index (χ1n) is 6.57. The molecule has 0 aromatic heterocycles. The van der Waals surface area contributed by atoms with Gasteiger partial charge in [0.1, 0.15) is 5.82 Å². The smallest absolute Gasteiger partial charge is 0.200 e. The van der Waals surface area contributed by atoms with Crippen LogP contribution in [0.2, 0.25) is 0 Å². The van der Waals surface area contributed by atoms with Crippen molar-refractivity contribution in [1.82, 2.24) is 0 Å². The van der Waals surface area contributed by atoms with Crippen molar-refractivity contribution >= 4 is 5.78 Å². The van der Waals surface area contributed by atoms with Crippen molar-refractivity contribution in [2.75, 3.05) is 6.61 Å². The number of benzene rings is 2. The Hall–Kier alpha value is -2.23. The van der Waals surface area contributed by atoms with Gasteiger partial charge in [0.25, 0.3) is 0 Å². The second-order valence-corrected chi connectivity index (χ2v) is 5.06. The Morgan fingerprint density at radius 2 is 1.67 bits per heavy atom. The minimum absolute atomic E-state index is 0.132. The summed E-state index contributed by atoms with van der Waals surface area (Å²) in [5.74, 6) is -1.86. The third kappa shape index (κ3) is 3.45.